The first kappa shape index (κ1) is 21.2. The number of ketones is 1. The summed E-state index contributed by atoms with van der Waals surface area (Å²) in [5, 5.41) is 23.9. The molecule has 4 aliphatic rings. The number of ether oxygens (including phenoxy) is 1. The van der Waals surface area contributed by atoms with Gasteiger partial charge in [-0.3, -0.25) is 9.59 Å². The van der Waals surface area contributed by atoms with Crippen LogP contribution in [-0.4, -0.2) is 52.9 Å². The van der Waals surface area contributed by atoms with Crippen LogP contribution >= 0.6 is 0 Å². The zero-order chi connectivity index (χ0) is 21.3. The molecular weight excluding hydrogens is 382 g/mol. The van der Waals surface area contributed by atoms with Gasteiger partial charge < -0.3 is 20.3 Å². The second-order valence-corrected chi connectivity index (χ2v) is 8.93. The van der Waals surface area contributed by atoms with Crippen LogP contribution in [0.3, 0.4) is 0 Å². The maximum atomic E-state index is 12.7. The maximum absolute atomic E-state index is 12.7. The van der Waals surface area contributed by atoms with E-state index in [1.54, 1.807) is 0 Å². The molecule has 2 fully saturated rings. The molecule has 0 aromatic heterocycles. The van der Waals surface area contributed by atoms with Crippen LogP contribution in [0, 0.1) is 23.7 Å². The third kappa shape index (κ3) is 4.22. The maximum Gasteiger partial charge on any atom is 0.227 e. The number of aliphatic hydroxyl groups excluding tert-OH is 2. The minimum Gasteiger partial charge on any atom is -0.392 e. The Labute approximate surface area is 177 Å². The van der Waals surface area contributed by atoms with Gasteiger partial charge in [-0.15, -0.1) is 0 Å². The normalized spacial score (nSPS) is 45.8. The van der Waals surface area contributed by atoms with E-state index in [-0.39, 0.29) is 60.7 Å². The van der Waals surface area contributed by atoms with E-state index in [0.29, 0.717) is 13.0 Å². The molecule has 0 aromatic carbocycles. The molecule has 0 radical (unpaired) electrons. The molecule has 1 saturated carbocycles. The summed E-state index contributed by atoms with van der Waals surface area (Å²) in [6.07, 6.45) is 13.0. The summed E-state index contributed by atoms with van der Waals surface area (Å²) < 4.78 is 6.26. The van der Waals surface area contributed by atoms with Gasteiger partial charge in [0, 0.05) is 43.1 Å². The van der Waals surface area contributed by atoms with Crippen LogP contribution in [0.5, 0.6) is 0 Å². The van der Waals surface area contributed by atoms with Gasteiger partial charge in [-0.25, -0.2) is 0 Å². The molecule has 1 amide bonds. The van der Waals surface area contributed by atoms with E-state index >= 15 is 0 Å². The number of carbonyl (C=O) groups is 2. The fraction of sp³-hybridized carbons (Fsp3) is 0.583. The van der Waals surface area contributed by atoms with Gasteiger partial charge in [0.25, 0.3) is 0 Å². The second kappa shape index (κ2) is 9.00. The van der Waals surface area contributed by atoms with Crippen molar-refractivity contribution in [3.05, 3.63) is 48.1 Å². The SMILES string of the molecule is C\C1=C/C=C\C=C\CCNC(=O)CC(=O)C[C@@H]2O[C@H]3[C@@H]4[C@@H](C=C[C@H]1[C@H]42)[C@@H](O)C[C@H]3O. The van der Waals surface area contributed by atoms with Crippen molar-refractivity contribution in [2.75, 3.05) is 6.54 Å². The molecule has 8 atom stereocenters. The molecule has 3 N–H and O–H groups in total. The molecule has 162 valence electrons. The lowest BCUT2D eigenvalue weighted by atomic mass is 9.60. The Bertz CT molecular complexity index is 797. The lowest BCUT2D eigenvalue weighted by Gasteiger charge is -2.44. The van der Waals surface area contributed by atoms with E-state index in [9.17, 15) is 19.8 Å². The Hall–Kier alpha value is -2.02. The minimum atomic E-state index is -0.747. The van der Waals surface area contributed by atoms with Gasteiger partial charge in [0.05, 0.1) is 30.8 Å². The average Bonchev–Trinajstić information content (AvgIpc) is 3.07. The Morgan fingerprint density at radius 2 is 1.90 bits per heavy atom. The van der Waals surface area contributed by atoms with Crippen molar-refractivity contribution in [1.82, 2.24) is 5.32 Å². The molecular formula is C24H31NO5. The number of nitrogens with one attached hydrogen (secondary N) is 1. The molecule has 0 unspecified atom stereocenters. The number of hydrogen-bond acceptors (Lipinski definition) is 5. The van der Waals surface area contributed by atoms with Crippen molar-refractivity contribution in [3.8, 4) is 0 Å². The fourth-order valence-corrected chi connectivity index (χ4v) is 5.60. The molecule has 4 rings (SSSR count). The van der Waals surface area contributed by atoms with Crippen LogP contribution in [0.25, 0.3) is 0 Å². The fourth-order valence-electron chi connectivity index (χ4n) is 5.60. The molecule has 0 aromatic rings. The molecule has 6 nitrogen and oxygen atoms in total. The molecule has 1 saturated heterocycles. The zero-order valence-corrected chi connectivity index (χ0v) is 17.3. The van der Waals surface area contributed by atoms with E-state index in [2.05, 4.69) is 30.5 Å². The highest BCUT2D eigenvalue weighted by Crippen LogP contribution is 2.53. The standard InChI is InChI=1S/C24H31NO5/c1-14-7-5-3-2-4-6-10-25-21(29)12-15(26)11-20-22-16(14)8-9-17-18(27)13-19(28)24(30-20)23(17)22/h2-5,7-9,16-20,22-24,27-28H,6,10-13H2,1H3,(H,25,29)/b4-2+,5-3-,14-7+/t16-,17+,18+,19-,20+,22+,23-,24-/m1/s1. The van der Waals surface area contributed by atoms with Crippen molar-refractivity contribution < 1.29 is 24.5 Å². The quantitative estimate of drug-likeness (QED) is 0.416. The predicted octanol–water partition coefficient (Wildman–Crippen LogP) is 1.84. The first-order valence-electron chi connectivity index (χ1n) is 10.9. The van der Waals surface area contributed by atoms with Gasteiger partial charge in [0.15, 0.2) is 0 Å². The Kier molecular flexibility index (Phi) is 6.37. The number of carbonyl (C=O) groups excluding carboxylic acids is 2. The van der Waals surface area contributed by atoms with E-state index < -0.39 is 18.3 Å². The van der Waals surface area contributed by atoms with Crippen molar-refractivity contribution in [2.24, 2.45) is 23.7 Å². The van der Waals surface area contributed by atoms with E-state index in [1.165, 1.54) is 0 Å². The number of rotatable bonds is 0. The summed E-state index contributed by atoms with van der Waals surface area (Å²) in [5.41, 5.74) is 1.15. The molecule has 0 spiro atoms. The van der Waals surface area contributed by atoms with Gasteiger partial charge >= 0.3 is 0 Å². The lowest BCUT2D eigenvalue weighted by molar-refractivity contribution is -0.131. The monoisotopic (exact) mass is 413 g/mol. The third-order valence-corrected chi connectivity index (χ3v) is 6.95. The highest BCUT2D eigenvalue weighted by molar-refractivity contribution is 5.98. The topological polar surface area (TPSA) is 95.9 Å². The van der Waals surface area contributed by atoms with Gasteiger partial charge in [-0.1, -0.05) is 48.1 Å². The number of allylic oxidation sites excluding steroid dienone is 6. The Balaban J connectivity index is 1.68. The van der Waals surface area contributed by atoms with Crippen molar-refractivity contribution >= 4 is 11.7 Å². The van der Waals surface area contributed by atoms with Crippen LogP contribution in [0.4, 0.5) is 0 Å². The van der Waals surface area contributed by atoms with Gasteiger partial charge in [0.1, 0.15) is 5.78 Å². The number of aliphatic hydroxyl groups is 2. The van der Waals surface area contributed by atoms with Crippen molar-refractivity contribution in [3.63, 3.8) is 0 Å². The van der Waals surface area contributed by atoms with Crippen LogP contribution < -0.4 is 5.32 Å². The summed E-state index contributed by atoms with van der Waals surface area (Å²) in [6.45, 7) is 2.57. The zero-order valence-electron chi connectivity index (χ0n) is 17.3. The third-order valence-electron chi connectivity index (χ3n) is 6.95. The summed E-state index contributed by atoms with van der Waals surface area (Å²) in [5.74, 6) is -0.510. The molecule has 30 heavy (non-hydrogen) atoms. The Morgan fingerprint density at radius 3 is 2.73 bits per heavy atom. The van der Waals surface area contributed by atoms with E-state index in [0.717, 1.165) is 5.57 Å². The number of Topliss-reactive ketones (excluding diaryl/α,β-unsaturated/α-hetero) is 1. The van der Waals surface area contributed by atoms with Gasteiger partial charge in [-0.05, 0) is 13.3 Å². The van der Waals surface area contributed by atoms with Crippen LogP contribution in [0.1, 0.15) is 32.6 Å². The summed E-state index contributed by atoms with van der Waals surface area (Å²) in [6, 6.07) is 0. The van der Waals surface area contributed by atoms with Crippen molar-refractivity contribution in [2.45, 2.75) is 57.0 Å². The first-order chi connectivity index (χ1) is 14.5. The molecule has 2 heterocycles. The number of hydrogen-bond donors (Lipinski definition) is 3. The number of amides is 1. The summed E-state index contributed by atoms with van der Waals surface area (Å²) in [7, 11) is 0. The largest absolute Gasteiger partial charge is 0.392 e. The predicted molar refractivity (Wildman–Crippen MR) is 112 cm³/mol. The highest BCUT2D eigenvalue weighted by Gasteiger charge is 2.58. The minimum absolute atomic E-state index is 0.0188. The Morgan fingerprint density at radius 1 is 1.07 bits per heavy atom. The van der Waals surface area contributed by atoms with Gasteiger partial charge in [0.2, 0.25) is 5.91 Å². The molecule has 6 heteroatoms. The average molecular weight is 414 g/mol. The van der Waals surface area contributed by atoms with E-state index in [4.69, 9.17) is 4.74 Å². The van der Waals surface area contributed by atoms with Crippen LogP contribution in [0.15, 0.2) is 48.1 Å². The molecule has 2 aliphatic carbocycles. The summed E-state index contributed by atoms with van der Waals surface area (Å²) >= 11 is 0. The van der Waals surface area contributed by atoms with Crippen LogP contribution in [0.2, 0.25) is 0 Å². The van der Waals surface area contributed by atoms with Crippen LogP contribution in [-0.2, 0) is 14.3 Å². The molecule has 0 bridgehead atoms. The smallest absolute Gasteiger partial charge is 0.227 e. The van der Waals surface area contributed by atoms with Crippen molar-refractivity contribution in [1.29, 1.82) is 0 Å². The lowest BCUT2D eigenvalue weighted by Crippen LogP contribution is -2.50. The summed E-state index contributed by atoms with van der Waals surface area (Å²) in [4.78, 5) is 24.8. The highest BCUT2D eigenvalue weighted by atomic mass is 16.5. The van der Waals surface area contributed by atoms with Gasteiger partial charge in [-0.2, -0.15) is 0 Å². The first-order valence-corrected chi connectivity index (χ1v) is 10.9. The second-order valence-electron chi connectivity index (χ2n) is 8.93. The van der Waals surface area contributed by atoms with E-state index in [1.807, 2.05) is 24.3 Å². The molecule has 2 aliphatic heterocycles.